The Balaban J connectivity index is 2.33. The van der Waals surface area contributed by atoms with Crippen LogP contribution in [-0.4, -0.2) is 23.8 Å². The molecule has 0 fully saturated rings. The lowest BCUT2D eigenvalue weighted by Crippen LogP contribution is -2.02. The van der Waals surface area contributed by atoms with Crippen molar-refractivity contribution in [2.75, 3.05) is 18.9 Å². The summed E-state index contributed by atoms with van der Waals surface area (Å²) in [5, 5.41) is 0. The van der Waals surface area contributed by atoms with Crippen LogP contribution in [0, 0.1) is 0 Å². The molecule has 0 aliphatic rings. The Hall–Kier alpha value is -0.630. The van der Waals surface area contributed by atoms with Crippen LogP contribution >= 0.6 is 7.37 Å². The highest BCUT2D eigenvalue weighted by molar-refractivity contribution is 7.57. The van der Waals surface area contributed by atoms with E-state index in [1.54, 1.807) is 0 Å². The Kier molecular flexibility index (Phi) is 5.75. The van der Waals surface area contributed by atoms with Crippen LogP contribution in [0.5, 0.6) is 0 Å². The second-order valence-electron chi connectivity index (χ2n) is 4.02. The molecule has 4 heteroatoms. The molecule has 0 bridgehead atoms. The van der Waals surface area contributed by atoms with Crippen molar-refractivity contribution in [3.63, 3.8) is 0 Å². The third-order valence-corrected chi connectivity index (χ3v) is 4.49. The zero-order chi connectivity index (χ0) is 11.9. The first-order chi connectivity index (χ1) is 7.64. The SMILES string of the molecule is NCCCCP(=O)(O)CCc1ccccc1. The van der Waals surface area contributed by atoms with Crippen LogP contribution in [0.1, 0.15) is 18.4 Å². The van der Waals surface area contributed by atoms with Gasteiger partial charge in [-0.25, -0.2) is 0 Å². The maximum atomic E-state index is 11.8. The predicted molar refractivity (Wildman–Crippen MR) is 68.0 cm³/mol. The summed E-state index contributed by atoms with van der Waals surface area (Å²) in [6.45, 7) is 0.596. The lowest BCUT2D eigenvalue weighted by molar-refractivity contribution is 0.474. The monoisotopic (exact) mass is 241 g/mol. The van der Waals surface area contributed by atoms with Crippen LogP contribution in [0.4, 0.5) is 0 Å². The van der Waals surface area contributed by atoms with Crippen molar-refractivity contribution >= 4 is 7.37 Å². The van der Waals surface area contributed by atoms with Gasteiger partial charge in [-0.05, 0) is 31.4 Å². The smallest absolute Gasteiger partial charge is 0.200 e. The van der Waals surface area contributed by atoms with E-state index in [1.807, 2.05) is 30.3 Å². The van der Waals surface area contributed by atoms with Gasteiger partial charge in [0.2, 0.25) is 7.37 Å². The minimum Gasteiger partial charge on any atom is -0.344 e. The van der Waals surface area contributed by atoms with Crippen LogP contribution in [0.3, 0.4) is 0 Å². The van der Waals surface area contributed by atoms with Crippen molar-refractivity contribution in [3.8, 4) is 0 Å². The first kappa shape index (κ1) is 13.4. The van der Waals surface area contributed by atoms with Gasteiger partial charge in [-0.2, -0.15) is 0 Å². The van der Waals surface area contributed by atoms with Gasteiger partial charge in [0.1, 0.15) is 0 Å². The fourth-order valence-corrected chi connectivity index (χ4v) is 3.11. The maximum Gasteiger partial charge on any atom is 0.200 e. The molecule has 0 amide bonds. The largest absolute Gasteiger partial charge is 0.344 e. The molecule has 90 valence electrons. The summed E-state index contributed by atoms with van der Waals surface area (Å²) in [5.74, 6) is 0. The number of hydrogen-bond donors (Lipinski definition) is 2. The summed E-state index contributed by atoms with van der Waals surface area (Å²) in [7, 11) is -2.94. The van der Waals surface area contributed by atoms with Gasteiger partial charge in [-0.1, -0.05) is 30.3 Å². The van der Waals surface area contributed by atoms with Gasteiger partial charge in [0.25, 0.3) is 0 Å². The van der Waals surface area contributed by atoms with Crippen LogP contribution in [-0.2, 0) is 11.0 Å². The Morgan fingerprint density at radius 3 is 2.44 bits per heavy atom. The van der Waals surface area contributed by atoms with Gasteiger partial charge in [0.15, 0.2) is 0 Å². The Bertz CT molecular complexity index is 340. The second kappa shape index (κ2) is 6.85. The predicted octanol–water partition coefficient (Wildman–Crippen LogP) is 2.24. The molecule has 0 saturated carbocycles. The molecule has 3 N–H and O–H groups in total. The molecule has 0 saturated heterocycles. The summed E-state index contributed by atoms with van der Waals surface area (Å²) in [4.78, 5) is 9.72. The lowest BCUT2D eigenvalue weighted by atomic mass is 10.2. The third kappa shape index (κ3) is 5.45. The molecule has 1 aromatic carbocycles. The van der Waals surface area contributed by atoms with E-state index in [1.165, 1.54) is 0 Å². The van der Waals surface area contributed by atoms with E-state index in [0.717, 1.165) is 18.4 Å². The third-order valence-electron chi connectivity index (χ3n) is 2.55. The standard InChI is InChI=1S/C12H20NO2P/c13-9-4-5-10-16(14,15)11-8-12-6-2-1-3-7-12/h1-3,6-7H,4-5,8-11,13H2,(H,14,15). The zero-order valence-corrected chi connectivity index (χ0v) is 10.4. The highest BCUT2D eigenvalue weighted by atomic mass is 31.2. The molecule has 1 unspecified atom stereocenters. The topological polar surface area (TPSA) is 63.3 Å². The van der Waals surface area contributed by atoms with E-state index in [2.05, 4.69) is 0 Å². The van der Waals surface area contributed by atoms with Gasteiger partial charge in [-0.3, -0.25) is 4.57 Å². The van der Waals surface area contributed by atoms with Crippen molar-refractivity contribution in [1.29, 1.82) is 0 Å². The Morgan fingerprint density at radius 1 is 1.12 bits per heavy atom. The molecule has 0 radical (unpaired) electrons. The van der Waals surface area contributed by atoms with Crippen molar-refractivity contribution in [2.24, 2.45) is 5.73 Å². The molecule has 3 nitrogen and oxygen atoms in total. The van der Waals surface area contributed by atoms with Crippen LogP contribution in [0.15, 0.2) is 30.3 Å². The van der Waals surface area contributed by atoms with E-state index >= 15 is 0 Å². The van der Waals surface area contributed by atoms with Crippen molar-refractivity contribution < 1.29 is 9.46 Å². The van der Waals surface area contributed by atoms with Gasteiger partial charge < -0.3 is 10.6 Å². The summed E-state index contributed by atoms with van der Waals surface area (Å²) in [6.07, 6.45) is 3.03. The van der Waals surface area contributed by atoms with Gasteiger partial charge in [0.05, 0.1) is 0 Å². The normalized spacial score (nSPS) is 14.6. The summed E-state index contributed by atoms with van der Waals surface area (Å²) >= 11 is 0. The van der Waals surface area contributed by atoms with E-state index < -0.39 is 7.37 Å². The summed E-state index contributed by atoms with van der Waals surface area (Å²) in [6, 6.07) is 9.82. The number of hydrogen-bond acceptors (Lipinski definition) is 2. The molecule has 0 heterocycles. The zero-order valence-electron chi connectivity index (χ0n) is 9.51. The van der Waals surface area contributed by atoms with Crippen molar-refractivity contribution in [1.82, 2.24) is 0 Å². The Labute approximate surface area is 97.1 Å². The molecule has 0 aliphatic carbocycles. The van der Waals surface area contributed by atoms with Gasteiger partial charge in [-0.15, -0.1) is 0 Å². The highest BCUT2D eigenvalue weighted by Crippen LogP contribution is 2.41. The first-order valence-corrected chi connectivity index (χ1v) is 7.72. The average Bonchev–Trinajstić information content (AvgIpc) is 2.28. The number of unbranched alkanes of at least 4 members (excludes halogenated alkanes) is 1. The quantitative estimate of drug-likeness (QED) is 0.568. The molecular formula is C12H20NO2P. The number of rotatable bonds is 7. The van der Waals surface area contributed by atoms with E-state index in [-0.39, 0.29) is 0 Å². The van der Waals surface area contributed by atoms with Gasteiger partial charge in [0, 0.05) is 12.3 Å². The molecule has 0 aromatic heterocycles. The van der Waals surface area contributed by atoms with Crippen LogP contribution < -0.4 is 5.73 Å². The van der Waals surface area contributed by atoms with E-state index in [4.69, 9.17) is 5.73 Å². The molecular weight excluding hydrogens is 221 g/mol. The summed E-state index contributed by atoms with van der Waals surface area (Å²) in [5.41, 5.74) is 6.47. The summed E-state index contributed by atoms with van der Waals surface area (Å²) < 4.78 is 11.8. The van der Waals surface area contributed by atoms with Gasteiger partial charge >= 0.3 is 0 Å². The van der Waals surface area contributed by atoms with Crippen LogP contribution in [0.25, 0.3) is 0 Å². The Morgan fingerprint density at radius 2 is 1.81 bits per heavy atom. The average molecular weight is 241 g/mol. The maximum absolute atomic E-state index is 11.8. The molecule has 16 heavy (non-hydrogen) atoms. The lowest BCUT2D eigenvalue weighted by Gasteiger charge is -2.10. The fraction of sp³-hybridized carbons (Fsp3) is 0.500. The molecule has 0 aliphatic heterocycles. The minimum atomic E-state index is -2.94. The fourth-order valence-electron chi connectivity index (χ4n) is 1.56. The van der Waals surface area contributed by atoms with Crippen molar-refractivity contribution in [2.45, 2.75) is 19.3 Å². The minimum absolute atomic E-state index is 0.377. The number of aryl methyl sites for hydroxylation is 1. The molecule has 1 rings (SSSR count). The number of benzene rings is 1. The second-order valence-corrected chi connectivity index (χ2v) is 6.61. The molecule has 0 spiro atoms. The van der Waals surface area contributed by atoms with Crippen LogP contribution in [0.2, 0.25) is 0 Å². The van der Waals surface area contributed by atoms with Crippen molar-refractivity contribution in [3.05, 3.63) is 35.9 Å². The van der Waals surface area contributed by atoms with E-state index in [9.17, 15) is 9.46 Å². The highest BCUT2D eigenvalue weighted by Gasteiger charge is 2.16. The van der Waals surface area contributed by atoms with E-state index in [0.29, 0.717) is 25.3 Å². The molecule has 1 atom stereocenters. The first-order valence-electron chi connectivity index (χ1n) is 5.69. The number of nitrogens with two attached hydrogens (primary N) is 1. The molecule has 1 aromatic rings.